The summed E-state index contributed by atoms with van der Waals surface area (Å²) in [6.07, 6.45) is 0. The number of hydrogen-bond acceptors (Lipinski definition) is 5. The molecule has 0 aliphatic carbocycles. The minimum Gasteiger partial charge on any atom is -0.484 e. The van der Waals surface area contributed by atoms with Gasteiger partial charge in [0.05, 0.1) is 6.04 Å². The third-order valence-electron chi connectivity index (χ3n) is 1.98. The second-order valence-electron chi connectivity index (χ2n) is 3.42. The second kappa shape index (κ2) is 4.76. The lowest BCUT2D eigenvalue weighted by Gasteiger charge is -2.01. The van der Waals surface area contributed by atoms with E-state index in [1.165, 1.54) is 0 Å². The average Bonchev–Trinajstić information content (AvgIpc) is 2.76. The molecule has 84 valence electrons. The van der Waals surface area contributed by atoms with E-state index in [4.69, 9.17) is 14.9 Å². The van der Waals surface area contributed by atoms with Crippen molar-refractivity contribution < 1.29 is 9.15 Å². The number of aromatic nitrogens is 2. The number of nitrogens with zero attached hydrogens (tertiary/aromatic N) is 2. The minimum absolute atomic E-state index is 0.252. The molecule has 2 rings (SSSR count). The van der Waals surface area contributed by atoms with Gasteiger partial charge in [0, 0.05) is 0 Å². The quantitative estimate of drug-likeness (QED) is 0.846. The molecule has 1 heterocycles. The van der Waals surface area contributed by atoms with Gasteiger partial charge in [0.1, 0.15) is 5.75 Å². The Morgan fingerprint density at radius 1 is 1.31 bits per heavy atom. The predicted octanol–water partition coefficient (Wildman–Crippen LogP) is 1.67. The van der Waals surface area contributed by atoms with Gasteiger partial charge in [-0.25, -0.2) is 0 Å². The van der Waals surface area contributed by atoms with Crippen LogP contribution >= 0.6 is 0 Å². The molecule has 0 radical (unpaired) electrons. The molecule has 0 fully saturated rings. The summed E-state index contributed by atoms with van der Waals surface area (Å²) in [5, 5.41) is 7.64. The molecular weight excluding hydrogens is 206 g/mol. The Hall–Kier alpha value is -1.88. The van der Waals surface area contributed by atoms with Gasteiger partial charge in [0.15, 0.2) is 6.61 Å². The smallest absolute Gasteiger partial charge is 0.253 e. The van der Waals surface area contributed by atoms with Crippen molar-refractivity contribution >= 4 is 0 Å². The number of ether oxygens (including phenoxy) is 1. The highest BCUT2D eigenvalue weighted by Crippen LogP contribution is 2.12. The lowest BCUT2D eigenvalue weighted by Crippen LogP contribution is -2.04. The zero-order valence-electron chi connectivity index (χ0n) is 8.96. The summed E-state index contributed by atoms with van der Waals surface area (Å²) in [7, 11) is 0. The molecular formula is C11H13N3O2. The lowest BCUT2D eigenvalue weighted by atomic mass is 10.3. The van der Waals surface area contributed by atoms with Crippen LogP contribution in [0.1, 0.15) is 24.7 Å². The van der Waals surface area contributed by atoms with Crippen LogP contribution in [0.5, 0.6) is 5.75 Å². The van der Waals surface area contributed by atoms with Crippen molar-refractivity contribution in [1.29, 1.82) is 0 Å². The van der Waals surface area contributed by atoms with Crippen LogP contribution in [0.3, 0.4) is 0 Å². The van der Waals surface area contributed by atoms with Crippen molar-refractivity contribution in [3.8, 4) is 5.75 Å². The molecule has 16 heavy (non-hydrogen) atoms. The molecule has 0 aliphatic rings. The second-order valence-corrected chi connectivity index (χ2v) is 3.42. The van der Waals surface area contributed by atoms with E-state index in [0.29, 0.717) is 11.8 Å². The maximum absolute atomic E-state index is 5.60. The molecule has 0 bridgehead atoms. The monoisotopic (exact) mass is 219 g/mol. The van der Waals surface area contributed by atoms with Crippen molar-refractivity contribution in [2.24, 2.45) is 5.73 Å². The Balaban J connectivity index is 1.95. The standard InChI is InChI=1S/C11H13N3O2/c1-8(12)11-14-13-10(16-11)7-15-9-5-3-2-4-6-9/h2-6,8H,7,12H2,1H3/t8-/m0/s1. The van der Waals surface area contributed by atoms with Crippen LogP contribution in [0.25, 0.3) is 0 Å². The van der Waals surface area contributed by atoms with Crippen LogP contribution < -0.4 is 10.5 Å². The first-order valence-electron chi connectivity index (χ1n) is 5.01. The van der Waals surface area contributed by atoms with E-state index in [0.717, 1.165) is 5.75 Å². The van der Waals surface area contributed by atoms with Crippen molar-refractivity contribution in [2.75, 3.05) is 0 Å². The molecule has 0 amide bonds. The fourth-order valence-corrected chi connectivity index (χ4v) is 1.17. The Morgan fingerprint density at radius 2 is 2.06 bits per heavy atom. The molecule has 0 unspecified atom stereocenters. The highest BCUT2D eigenvalue weighted by Gasteiger charge is 2.09. The van der Waals surface area contributed by atoms with E-state index in [-0.39, 0.29) is 12.6 Å². The summed E-state index contributed by atoms with van der Waals surface area (Å²) < 4.78 is 10.7. The molecule has 5 heteroatoms. The highest BCUT2D eigenvalue weighted by molar-refractivity contribution is 5.20. The summed E-state index contributed by atoms with van der Waals surface area (Å²) >= 11 is 0. The van der Waals surface area contributed by atoms with E-state index in [1.807, 2.05) is 30.3 Å². The lowest BCUT2D eigenvalue weighted by molar-refractivity contribution is 0.257. The first-order valence-corrected chi connectivity index (χ1v) is 5.01. The summed E-state index contributed by atoms with van der Waals surface area (Å²) in [4.78, 5) is 0. The molecule has 0 aliphatic heterocycles. The van der Waals surface area contributed by atoms with E-state index in [9.17, 15) is 0 Å². The summed E-state index contributed by atoms with van der Waals surface area (Å²) in [5.74, 6) is 1.62. The molecule has 0 saturated carbocycles. The SMILES string of the molecule is C[C@H](N)c1nnc(COc2ccccc2)o1. The van der Waals surface area contributed by atoms with Gasteiger partial charge >= 0.3 is 0 Å². The van der Waals surface area contributed by atoms with Crippen LogP contribution in [0.4, 0.5) is 0 Å². The number of para-hydroxylation sites is 1. The first-order chi connectivity index (χ1) is 7.75. The third kappa shape index (κ3) is 2.58. The van der Waals surface area contributed by atoms with Crippen molar-refractivity contribution in [3.05, 3.63) is 42.1 Å². The van der Waals surface area contributed by atoms with E-state index < -0.39 is 0 Å². The fraction of sp³-hybridized carbons (Fsp3) is 0.273. The molecule has 0 spiro atoms. The Kier molecular flexibility index (Phi) is 3.16. The van der Waals surface area contributed by atoms with Gasteiger partial charge in [-0.2, -0.15) is 0 Å². The zero-order valence-corrected chi connectivity index (χ0v) is 8.96. The summed E-state index contributed by atoms with van der Waals surface area (Å²) in [5.41, 5.74) is 5.60. The summed E-state index contributed by atoms with van der Waals surface area (Å²) in [6, 6.07) is 9.20. The van der Waals surface area contributed by atoms with Gasteiger partial charge in [-0.3, -0.25) is 0 Å². The van der Waals surface area contributed by atoms with Crippen LogP contribution in [0.15, 0.2) is 34.7 Å². The van der Waals surface area contributed by atoms with Crippen LogP contribution in [0.2, 0.25) is 0 Å². The highest BCUT2D eigenvalue weighted by atomic mass is 16.5. The Bertz CT molecular complexity index is 440. The van der Waals surface area contributed by atoms with E-state index in [2.05, 4.69) is 10.2 Å². The van der Waals surface area contributed by atoms with Crippen molar-refractivity contribution in [3.63, 3.8) is 0 Å². The summed E-state index contributed by atoms with van der Waals surface area (Å²) in [6.45, 7) is 2.04. The van der Waals surface area contributed by atoms with E-state index in [1.54, 1.807) is 6.92 Å². The Morgan fingerprint density at radius 3 is 2.69 bits per heavy atom. The van der Waals surface area contributed by atoms with E-state index >= 15 is 0 Å². The van der Waals surface area contributed by atoms with Gasteiger partial charge in [-0.05, 0) is 19.1 Å². The van der Waals surface area contributed by atoms with Crippen LogP contribution in [-0.2, 0) is 6.61 Å². The number of hydrogen-bond donors (Lipinski definition) is 1. The molecule has 0 saturated heterocycles. The Labute approximate surface area is 93.2 Å². The number of benzene rings is 1. The number of rotatable bonds is 4. The van der Waals surface area contributed by atoms with Crippen molar-refractivity contribution in [2.45, 2.75) is 19.6 Å². The first kappa shape index (κ1) is 10.6. The molecule has 1 aromatic carbocycles. The van der Waals surface area contributed by atoms with Crippen LogP contribution in [-0.4, -0.2) is 10.2 Å². The maximum Gasteiger partial charge on any atom is 0.253 e. The topological polar surface area (TPSA) is 74.2 Å². The van der Waals surface area contributed by atoms with Crippen molar-refractivity contribution in [1.82, 2.24) is 10.2 Å². The molecule has 1 atom stereocenters. The van der Waals surface area contributed by atoms with Gasteiger partial charge in [-0.15, -0.1) is 10.2 Å². The maximum atomic E-state index is 5.60. The predicted molar refractivity (Wildman–Crippen MR) is 57.7 cm³/mol. The normalized spacial score (nSPS) is 12.4. The van der Waals surface area contributed by atoms with Gasteiger partial charge in [0.2, 0.25) is 5.89 Å². The van der Waals surface area contributed by atoms with Gasteiger partial charge < -0.3 is 14.9 Å². The molecule has 2 aromatic rings. The molecule has 1 aromatic heterocycles. The zero-order chi connectivity index (χ0) is 11.4. The number of nitrogens with two attached hydrogens (primary N) is 1. The van der Waals surface area contributed by atoms with Crippen LogP contribution in [0, 0.1) is 0 Å². The fourth-order valence-electron chi connectivity index (χ4n) is 1.17. The van der Waals surface area contributed by atoms with Gasteiger partial charge in [-0.1, -0.05) is 18.2 Å². The third-order valence-corrected chi connectivity index (χ3v) is 1.98. The molecule has 5 nitrogen and oxygen atoms in total. The minimum atomic E-state index is -0.252. The average molecular weight is 219 g/mol. The van der Waals surface area contributed by atoms with Gasteiger partial charge in [0.25, 0.3) is 5.89 Å². The molecule has 2 N–H and O–H groups in total. The largest absolute Gasteiger partial charge is 0.484 e.